The first-order valence-corrected chi connectivity index (χ1v) is 6.43. The Morgan fingerprint density at radius 2 is 1.75 bits per heavy atom. The van der Waals surface area contributed by atoms with Crippen molar-refractivity contribution in [2.45, 2.75) is 13.8 Å². The molecule has 0 spiro atoms. The fraction of sp³-hybridized carbons (Fsp3) is 0.125. The summed E-state index contributed by atoms with van der Waals surface area (Å²) < 4.78 is 0. The summed E-state index contributed by atoms with van der Waals surface area (Å²) in [5, 5.41) is 13.8. The van der Waals surface area contributed by atoms with Crippen LogP contribution in [0.15, 0.2) is 42.5 Å². The third kappa shape index (κ3) is 2.40. The number of aromatic nitrogens is 2. The molecule has 0 saturated heterocycles. The number of phenolic OH excluding ortho intramolecular Hbond substituents is 1. The van der Waals surface area contributed by atoms with Gasteiger partial charge in [0, 0.05) is 28.5 Å². The molecule has 2 N–H and O–H groups in total. The summed E-state index contributed by atoms with van der Waals surface area (Å²) >= 11 is 0. The number of anilines is 2. The van der Waals surface area contributed by atoms with Gasteiger partial charge in [-0.25, -0.2) is 9.97 Å². The Labute approximate surface area is 117 Å². The molecular weight excluding hydrogens is 250 g/mol. The molecular formula is C16H15N3O. The first-order valence-electron chi connectivity index (χ1n) is 6.43. The zero-order chi connectivity index (χ0) is 14.1. The second-order valence-electron chi connectivity index (χ2n) is 4.81. The smallest absolute Gasteiger partial charge is 0.161 e. The normalized spacial score (nSPS) is 10.7. The molecule has 0 aliphatic rings. The Morgan fingerprint density at radius 3 is 2.55 bits per heavy atom. The van der Waals surface area contributed by atoms with Crippen LogP contribution < -0.4 is 5.32 Å². The average molecular weight is 265 g/mol. The van der Waals surface area contributed by atoms with E-state index in [1.165, 1.54) is 0 Å². The number of nitrogens with one attached hydrogen (secondary N) is 1. The second kappa shape index (κ2) is 4.81. The van der Waals surface area contributed by atoms with Gasteiger partial charge in [0.2, 0.25) is 0 Å². The molecule has 100 valence electrons. The summed E-state index contributed by atoms with van der Waals surface area (Å²) in [5.41, 5.74) is 4.34. The molecule has 4 nitrogen and oxygen atoms in total. The Kier molecular flexibility index (Phi) is 2.99. The number of pyridine rings is 2. The predicted molar refractivity (Wildman–Crippen MR) is 80.4 cm³/mol. The summed E-state index contributed by atoms with van der Waals surface area (Å²) in [5.74, 6) is 0.235. The van der Waals surface area contributed by atoms with Crippen LogP contribution in [0.2, 0.25) is 0 Å². The van der Waals surface area contributed by atoms with Crippen molar-refractivity contribution in [3.05, 3.63) is 53.9 Å². The van der Waals surface area contributed by atoms with E-state index in [2.05, 4.69) is 15.3 Å². The van der Waals surface area contributed by atoms with Gasteiger partial charge in [0.05, 0.1) is 5.69 Å². The molecule has 4 heteroatoms. The highest BCUT2D eigenvalue weighted by atomic mass is 16.3. The van der Waals surface area contributed by atoms with Gasteiger partial charge in [0.25, 0.3) is 0 Å². The monoisotopic (exact) mass is 265 g/mol. The van der Waals surface area contributed by atoms with Crippen LogP contribution in [0.3, 0.4) is 0 Å². The Balaban J connectivity index is 2.11. The Morgan fingerprint density at radius 1 is 0.950 bits per heavy atom. The second-order valence-corrected chi connectivity index (χ2v) is 4.81. The van der Waals surface area contributed by atoms with Gasteiger partial charge in [0.1, 0.15) is 5.75 Å². The first kappa shape index (κ1) is 12.4. The van der Waals surface area contributed by atoms with Gasteiger partial charge in [-0.3, -0.25) is 0 Å². The van der Waals surface area contributed by atoms with Crippen molar-refractivity contribution in [2.24, 2.45) is 0 Å². The molecule has 3 aromatic rings. The molecule has 0 bridgehead atoms. The molecule has 20 heavy (non-hydrogen) atoms. The Hall–Kier alpha value is -2.62. The van der Waals surface area contributed by atoms with E-state index in [1.807, 2.05) is 38.1 Å². The number of aryl methyl sites for hydroxylation is 2. The Bertz CT molecular complexity index is 779. The molecule has 0 radical (unpaired) electrons. The number of aromatic hydroxyl groups is 1. The van der Waals surface area contributed by atoms with Crippen LogP contribution in [-0.2, 0) is 0 Å². The molecule has 0 fully saturated rings. The zero-order valence-corrected chi connectivity index (χ0v) is 11.4. The summed E-state index contributed by atoms with van der Waals surface area (Å²) in [4.78, 5) is 8.91. The SMILES string of the molecule is Cc1ccc2c(Nc3cccc(O)c3)cc(C)nc2n1. The quantitative estimate of drug-likeness (QED) is 0.741. The van der Waals surface area contributed by atoms with Crippen molar-refractivity contribution in [1.29, 1.82) is 0 Å². The average Bonchev–Trinajstić information content (AvgIpc) is 2.37. The minimum Gasteiger partial charge on any atom is -0.508 e. The third-order valence-corrected chi connectivity index (χ3v) is 3.07. The lowest BCUT2D eigenvalue weighted by Crippen LogP contribution is -1.96. The lowest BCUT2D eigenvalue weighted by Gasteiger charge is -2.11. The number of nitrogens with zero attached hydrogens (tertiary/aromatic N) is 2. The summed E-state index contributed by atoms with van der Waals surface area (Å²) in [6.45, 7) is 3.89. The van der Waals surface area contributed by atoms with Gasteiger partial charge >= 0.3 is 0 Å². The highest BCUT2D eigenvalue weighted by molar-refractivity contribution is 5.91. The summed E-state index contributed by atoms with van der Waals surface area (Å²) in [6.07, 6.45) is 0. The van der Waals surface area contributed by atoms with E-state index in [0.29, 0.717) is 0 Å². The zero-order valence-electron chi connectivity index (χ0n) is 11.4. The maximum Gasteiger partial charge on any atom is 0.161 e. The van der Waals surface area contributed by atoms with Crippen LogP contribution >= 0.6 is 0 Å². The molecule has 0 aliphatic carbocycles. The highest BCUT2D eigenvalue weighted by Gasteiger charge is 2.06. The number of fused-ring (bicyclic) bond motifs is 1. The van der Waals surface area contributed by atoms with Crippen molar-refractivity contribution in [3.8, 4) is 5.75 Å². The fourth-order valence-corrected chi connectivity index (χ4v) is 2.17. The third-order valence-electron chi connectivity index (χ3n) is 3.07. The van der Waals surface area contributed by atoms with Gasteiger partial charge in [-0.05, 0) is 44.2 Å². The van der Waals surface area contributed by atoms with Crippen LogP contribution in [0.5, 0.6) is 5.75 Å². The van der Waals surface area contributed by atoms with Crippen molar-refractivity contribution in [3.63, 3.8) is 0 Å². The van der Waals surface area contributed by atoms with Crippen molar-refractivity contribution >= 4 is 22.4 Å². The van der Waals surface area contributed by atoms with Gasteiger partial charge in [-0.1, -0.05) is 6.07 Å². The van der Waals surface area contributed by atoms with Gasteiger partial charge in [0.15, 0.2) is 5.65 Å². The number of hydrogen-bond acceptors (Lipinski definition) is 4. The number of hydrogen-bond donors (Lipinski definition) is 2. The number of benzene rings is 1. The van der Waals surface area contributed by atoms with Gasteiger partial charge < -0.3 is 10.4 Å². The molecule has 0 aliphatic heterocycles. The first-order chi connectivity index (χ1) is 9.61. The number of rotatable bonds is 2. The van der Waals surface area contributed by atoms with E-state index in [0.717, 1.165) is 33.8 Å². The molecule has 2 aromatic heterocycles. The van der Waals surface area contributed by atoms with Crippen LogP contribution in [-0.4, -0.2) is 15.1 Å². The van der Waals surface area contributed by atoms with Crippen molar-refractivity contribution in [1.82, 2.24) is 9.97 Å². The number of phenols is 1. The van der Waals surface area contributed by atoms with Crippen LogP contribution in [0, 0.1) is 13.8 Å². The molecule has 0 saturated carbocycles. The molecule has 0 amide bonds. The van der Waals surface area contributed by atoms with Crippen molar-refractivity contribution < 1.29 is 5.11 Å². The molecule has 2 heterocycles. The lowest BCUT2D eigenvalue weighted by molar-refractivity contribution is 0.475. The fourth-order valence-electron chi connectivity index (χ4n) is 2.17. The van der Waals surface area contributed by atoms with Crippen LogP contribution in [0.25, 0.3) is 11.0 Å². The minimum absolute atomic E-state index is 0.235. The van der Waals surface area contributed by atoms with E-state index in [1.54, 1.807) is 18.2 Å². The van der Waals surface area contributed by atoms with Crippen molar-refractivity contribution in [2.75, 3.05) is 5.32 Å². The topological polar surface area (TPSA) is 58.0 Å². The van der Waals surface area contributed by atoms with E-state index in [4.69, 9.17) is 0 Å². The summed E-state index contributed by atoms with van der Waals surface area (Å²) in [7, 11) is 0. The standard InChI is InChI=1S/C16H15N3O/c1-10-6-7-14-15(8-11(2)18-16(14)17-10)19-12-4-3-5-13(20)9-12/h3-9,20H,1-2H3,(H,17,18,19). The van der Waals surface area contributed by atoms with Crippen LogP contribution in [0.1, 0.15) is 11.4 Å². The maximum atomic E-state index is 9.53. The minimum atomic E-state index is 0.235. The van der Waals surface area contributed by atoms with E-state index in [9.17, 15) is 5.11 Å². The summed E-state index contributed by atoms with van der Waals surface area (Å²) in [6, 6.07) is 13.0. The van der Waals surface area contributed by atoms with Crippen LogP contribution in [0.4, 0.5) is 11.4 Å². The van der Waals surface area contributed by atoms with Gasteiger partial charge in [-0.2, -0.15) is 0 Å². The lowest BCUT2D eigenvalue weighted by atomic mass is 10.2. The predicted octanol–water partition coefficient (Wildman–Crippen LogP) is 3.70. The van der Waals surface area contributed by atoms with E-state index >= 15 is 0 Å². The highest BCUT2D eigenvalue weighted by Crippen LogP contribution is 2.27. The molecule has 3 rings (SSSR count). The molecule has 1 aromatic carbocycles. The van der Waals surface area contributed by atoms with Gasteiger partial charge in [-0.15, -0.1) is 0 Å². The maximum absolute atomic E-state index is 9.53. The molecule has 0 unspecified atom stereocenters. The van der Waals surface area contributed by atoms with E-state index < -0.39 is 0 Å². The van der Waals surface area contributed by atoms with E-state index in [-0.39, 0.29) is 5.75 Å². The largest absolute Gasteiger partial charge is 0.508 e. The molecule has 0 atom stereocenters.